The molecule has 3 aromatic rings. The molecule has 0 spiro atoms. The molecule has 142 valence electrons. The maximum atomic E-state index is 13.1. The van der Waals surface area contributed by atoms with Gasteiger partial charge in [-0.2, -0.15) is 0 Å². The molecule has 0 saturated carbocycles. The number of aromatic nitrogens is 3. The first kappa shape index (κ1) is 18.0. The summed E-state index contributed by atoms with van der Waals surface area (Å²) >= 11 is 0. The predicted molar refractivity (Wildman–Crippen MR) is 105 cm³/mol. The van der Waals surface area contributed by atoms with Crippen LogP contribution in [0.5, 0.6) is 0 Å². The van der Waals surface area contributed by atoms with Crippen molar-refractivity contribution in [3.63, 3.8) is 0 Å². The smallest absolute Gasteiger partial charge is 0.230 e. The van der Waals surface area contributed by atoms with E-state index in [1.54, 1.807) is 24.4 Å². The van der Waals surface area contributed by atoms with Crippen LogP contribution in [0.25, 0.3) is 11.3 Å². The molecule has 28 heavy (non-hydrogen) atoms. The van der Waals surface area contributed by atoms with Crippen molar-refractivity contribution in [1.82, 2.24) is 15.2 Å². The summed E-state index contributed by atoms with van der Waals surface area (Å²) in [6.45, 7) is 1.42. The van der Waals surface area contributed by atoms with E-state index in [4.69, 9.17) is 0 Å². The Hall–Kier alpha value is -3.35. The van der Waals surface area contributed by atoms with Gasteiger partial charge in [0.2, 0.25) is 5.91 Å². The lowest BCUT2D eigenvalue weighted by Gasteiger charge is -2.32. The number of benzene rings is 1. The molecular weight excluding hydrogens is 357 g/mol. The van der Waals surface area contributed by atoms with E-state index in [2.05, 4.69) is 25.4 Å². The summed E-state index contributed by atoms with van der Waals surface area (Å²) in [6, 6.07) is 15.4. The molecule has 4 rings (SSSR count). The Balaban J connectivity index is 1.42. The number of piperidine rings is 1. The van der Waals surface area contributed by atoms with Crippen molar-refractivity contribution >= 4 is 17.5 Å². The summed E-state index contributed by atoms with van der Waals surface area (Å²) in [5.41, 5.74) is 1.50. The second-order valence-corrected chi connectivity index (χ2v) is 6.77. The van der Waals surface area contributed by atoms with Crippen LogP contribution in [-0.4, -0.2) is 34.2 Å². The summed E-state index contributed by atoms with van der Waals surface area (Å²) in [6.07, 6.45) is 3.39. The highest BCUT2D eigenvalue weighted by molar-refractivity contribution is 5.92. The number of halogens is 1. The van der Waals surface area contributed by atoms with E-state index in [9.17, 15) is 9.18 Å². The van der Waals surface area contributed by atoms with E-state index in [-0.39, 0.29) is 17.6 Å². The Morgan fingerprint density at radius 2 is 1.93 bits per heavy atom. The zero-order valence-corrected chi connectivity index (χ0v) is 15.3. The molecule has 0 aliphatic carbocycles. The van der Waals surface area contributed by atoms with Crippen LogP contribution in [0.3, 0.4) is 0 Å². The molecule has 0 bridgehead atoms. The zero-order chi connectivity index (χ0) is 19.3. The average molecular weight is 377 g/mol. The Morgan fingerprint density at radius 3 is 2.64 bits per heavy atom. The second kappa shape index (κ2) is 8.12. The molecule has 1 amide bonds. The minimum atomic E-state index is -0.281. The largest absolute Gasteiger partial charge is 0.354 e. The van der Waals surface area contributed by atoms with Crippen LogP contribution < -0.4 is 10.2 Å². The van der Waals surface area contributed by atoms with Gasteiger partial charge >= 0.3 is 0 Å². The number of nitrogens with zero attached hydrogens (tertiary/aromatic N) is 4. The van der Waals surface area contributed by atoms with Crippen molar-refractivity contribution in [2.75, 3.05) is 23.3 Å². The molecule has 0 radical (unpaired) electrons. The fourth-order valence-electron chi connectivity index (χ4n) is 3.33. The van der Waals surface area contributed by atoms with Crippen LogP contribution in [-0.2, 0) is 4.79 Å². The Morgan fingerprint density at radius 1 is 1.07 bits per heavy atom. The SMILES string of the molecule is O=C(Nc1ccccn1)[C@H]1CCCN(c2ccc(-c3ccc(F)cc3)nn2)C1. The second-order valence-electron chi connectivity index (χ2n) is 6.77. The number of carbonyl (C=O) groups excluding carboxylic acids is 1. The highest BCUT2D eigenvalue weighted by Gasteiger charge is 2.27. The fourth-order valence-corrected chi connectivity index (χ4v) is 3.33. The molecule has 3 heterocycles. The molecule has 1 aromatic carbocycles. The van der Waals surface area contributed by atoms with E-state index in [0.29, 0.717) is 18.1 Å². The molecule has 1 aliphatic heterocycles. The van der Waals surface area contributed by atoms with Crippen molar-refractivity contribution < 1.29 is 9.18 Å². The van der Waals surface area contributed by atoms with Crippen molar-refractivity contribution in [3.05, 3.63) is 66.6 Å². The number of nitrogens with one attached hydrogen (secondary N) is 1. The number of hydrogen-bond donors (Lipinski definition) is 1. The zero-order valence-electron chi connectivity index (χ0n) is 15.3. The van der Waals surface area contributed by atoms with Gasteiger partial charge in [0, 0.05) is 24.8 Å². The summed E-state index contributed by atoms with van der Waals surface area (Å²) in [5.74, 6) is 0.861. The molecule has 1 fully saturated rings. The van der Waals surface area contributed by atoms with Gasteiger partial charge in [-0.3, -0.25) is 4.79 Å². The minimum absolute atomic E-state index is 0.0284. The normalized spacial score (nSPS) is 16.6. The molecule has 1 aliphatic rings. The van der Waals surface area contributed by atoms with Gasteiger partial charge in [-0.05, 0) is 61.4 Å². The molecule has 2 aromatic heterocycles. The lowest BCUT2D eigenvalue weighted by molar-refractivity contribution is -0.120. The van der Waals surface area contributed by atoms with Gasteiger partial charge in [-0.15, -0.1) is 10.2 Å². The molecule has 1 saturated heterocycles. The molecule has 0 unspecified atom stereocenters. The number of anilines is 2. The summed E-state index contributed by atoms with van der Waals surface area (Å²) in [7, 11) is 0. The van der Waals surface area contributed by atoms with E-state index in [1.807, 2.05) is 24.3 Å². The number of hydrogen-bond acceptors (Lipinski definition) is 5. The standard InChI is InChI=1S/C21H20FN5O/c22-17-8-6-15(7-9-17)18-10-11-20(26-25-18)27-13-3-4-16(14-27)21(28)24-19-5-1-2-12-23-19/h1-2,5-12,16H,3-4,13-14H2,(H,23,24,28)/t16-/m0/s1. The van der Waals surface area contributed by atoms with Gasteiger partial charge in [0.15, 0.2) is 5.82 Å². The molecule has 6 nitrogen and oxygen atoms in total. The topological polar surface area (TPSA) is 71.0 Å². The maximum absolute atomic E-state index is 13.1. The van der Waals surface area contributed by atoms with Crippen LogP contribution in [0, 0.1) is 11.7 Å². The third-order valence-corrected chi connectivity index (χ3v) is 4.82. The molecular formula is C21H20FN5O. The summed E-state index contributed by atoms with van der Waals surface area (Å²) < 4.78 is 13.1. The van der Waals surface area contributed by atoms with Gasteiger partial charge < -0.3 is 10.2 Å². The number of rotatable bonds is 4. The maximum Gasteiger partial charge on any atom is 0.230 e. The average Bonchev–Trinajstić information content (AvgIpc) is 2.75. The quantitative estimate of drug-likeness (QED) is 0.753. The van der Waals surface area contributed by atoms with Gasteiger partial charge in [-0.1, -0.05) is 6.07 Å². The van der Waals surface area contributed by atoms with Crippen LogP contribution >= 0.6 is 0 Å². The van der Waals surface area contributed by atoms with Crippen LogP contribution in [0.15, 0.2) is 60.8 Å². The highest BCUT2D eigenvalue weighted by Crippen LogP contribution is 2.24. The molecule has 7 heteroatoms. The number of carbonyl (C=O) groups is 1. The summed E-state index contributed by atoms with van der Waals surface area (Å²) in [4.78, 5) is 18.8. The molecule has 1 N–H and O–H groups in total. The third-order valence-electron chi connectivity index (χ3n) is 4.82. The van der Waals surface area contributed by atoms with E-state index >= 15 is 0 Å². The highest BCUT2D eigenvalue weighted by atomic mass is 19.1. The van der Waals surface area contributed by atoms with E-state index in [0.717, 1.165) is 30.8 Å². The van der Waals surface area contributed by atoms with Crippen LogP contribution in [0.2, 0.25) is 0 Å². The number of pyridine rings is 1. The lowest BCUT2D eigenvalue weighted by Crippen LogP contribution is -2.41. The van der Waals surface area contributed by atoms with Gasteiger partial charge in [0.25, 0.3) is 0 Å². The van der Waals surface area contributed by atoms with Crippen LogP contribution in [0.4, 0.5) is 16.0 Å². The first-order valence-corrected chi connectivity index (χ1v) is 9.25. The lowest BCUT2D eigenvalue weighted by atomic mass is 9.97. The monoisotopic (exact) mass is 377 g/mol. The molecule has 1 atom stereocenters. The first-order valence-electron chi connectivity index (χ1n) is 9.25. The van der Waals surface area contributed by atoms with E-state index in [1.165, 1.54) is 12.1 Å². The third kappa shape index (κ3) is 4.14. The van der Waals surface area contributed by atoms with Gasteiger partial charge in [-0.25, -0.2) is 9.37 Å². The van der Waals surface area contributed by atoms with Gasteiger partial charge in [0.1, 0.15) is 11.6 Å². The predicted octanol–water partition coefficient (Wildman–Crippen LogP) is 3.53. The van der Waals surface area contributed by atoms with Crippen molar-refractivity contribution in [3.8, 4) is 11.3 Å². The summed E-state index contributed by atoms with van der Waals surface area (Å²) in [5, 5.41) is 11.5. The Bertz CT molecular complexity index is 931. The Labute approximate surface area is 162 Å². The van der Waals surface area contributed by atoms with Crippen molar-refractivity contribution in [2.45, 2.75) is 12.8 Å². The van der Waals surface area contributed by atoms with Crippen molar-refractivity contribution in [2.24, 2.45) is 5.92 Å². The van der Waals surface area contributed by atoms with Crippen LogP contribution in [0.1, 0.15) is 12.8 Å². The Kier molecular flexibility index (Phi) is 5.23. The minimum Gasteiger partial charge on any atom is -0.354 e. The number of amides is 1. The van der Waals surface area contributed by atoms with E-state index < -0.39 is 0 Å². The fraction of sp³-hybridized carbons (Fsp3) is 0.238. The van der Waals surface area contributed by atoms with Gasteiger partial charge in [0.05, 0.1) is 11.6 Å². The van der Waals surface area contributed by atoms with Crippen molar-refractivity contribution in [1.29, 1.82) is 0 Å². The first-order chi connectivity index (χ1) is 13.7.